The van der Waals surface area contributed by atoms with Gasteiger partial charge in [-0.25, -0.2) is 13.6 Å². The van der Waals surface area contributed by atoms with E-state index in [1.165, 1.54) is 25.3 Å². The van der Waals surface area contributed by atoms with Crippen LogP contribution in [0, 0.1) is 11.6 Å². The minimum absolute atomic E-state index is 0.168. The smallest absolute Gasteiger partial charge is 0.340 e. The monoisotopic (exact) mass is 355 g/mol. The maximum absolute atomic E-state index is 13.7. The van der Waals surface area contributed by atoms with Gasteiger partial charge in [0.2, 0.25) is 0 Å². The lowest BCUT2D eigenvalue weighted by Gasteiger charge is -2.09. The van der Waals surface area contributed by atoms with Crippen LogP contribution in [0.3, 0.4) is 0 Å². The minimum atomic E-state index is -0.758. The molecule has 0 unspecified atom stereocenters. The van der Waals surface area contributed by atoms with Crippen molar-refractivity contribution in [1.82, 2.24) is 0 Å². The van der Waals surface area contributed by atoms with Crippen molar-refractivity contribution in [2.24, 2.45) is 0 Å². The number of ether oxygens (including phenoxy) is 1. The summed E-state index contributed by atoms with van der Waals surface area (Å²) in [4.78, 5) is 11.4. The average molecular weight is 356 g/mol. The molecule has 0 spiro atoms. The first-order valence-corrected chi connectivity index (χ1v) is 6.86. The van der Waals surface area contributed by atoms with Gasteiger partial charge in [-0.05, 0) is 30.3 Å². The van der Waals surface area contributed by atoms with Crippen molar-refractivity contribution >= 4 is 27.6 Å². The molecular weight excluding hydrogens is 344 g/mol. The highest BCUT2D eigenvalue weighted by molar-refractivity contribution is 9.10. The fraction of sp³-hybridized carbons (Fsp3) is 0.133. The first-order valence-electron chi connectivity index (χ1n) is 6.07. The van der Waals surface area contributed by atoms with Gasteiger partial charge in [-0.1, -0.05) is 22.0 Å². The van der Waals surface area contributed by atoms with Gasteiger partial charge in [-0.3, -0.25) is 0 Å². The van der Waals surface area contributed by atoms with Gasteiger partial charge in [0.05, 0.1) is 12.7 Å². The Morgan fingerprint density at radius 3 is 2.62 bits per heavy atom. The van der Waals surface area contributed by atoms with E-state index in [-0.39, 0.29) is 17.9 Å². The molecule has 0 aliphatic rings. The van der Waals surface area contributed by atoms with Crippen LogP contribution in [-0.4, -0.2) is 13.1 Å². The highest BCUT2D eigenvalue weighted by Crippen LogP contribution is 2.19. The fourth-order valence-electron chi connectivity index (χ4n) is 1.76. The lowest BCUT2D eigenvalue weighted by atomic mass is 10.1. The number of benzene rings is 2. The molecule has 0 saturated heterocycles. The van der Waals surface area contributed by atoms with Crippen LogP contribution in [0.4, 0.5) is 14.5 Å². The third-order valence-corrected chi connectivity index (χ3v) is 3.36. The van der Waals surface area contributed by atoms with Crippen molar-refractivity contribution in [1.29, 1.82) is 0 Å². The SMILES string of the molecule is COC(=O)c1cc(NCc2ccc(Br)cc2F)ccc1F. The van der Waals surface area contributed by atoms with Crippen LogP contribution in [0.5, 0.6) is 0 Å². The number of rotatable bonds is 4. The number of hydrogen-bond donors (Lipinski definition) is 1. The fourth-order valence-corrected chi connectivity index (χ4v) is 2.10. The zero-order chi connectivity index (χ0) is 15.4. The Hall–Kier alpha value is -1.95. The number of methoxy groups -OCH3 is 1. The standard InChI is InChI=1S/C15H12BrF2NO2/c1-21-15(20)12-7-11(4-5-13(12)17)19-8-9-2-3-10(16)6-14(9)18/h2-7,19H,8H2,1H3. The summed E-state index contributed by atoms with van der Waals surface area (Å²) in [5, 5.41) is 2.94. The molecule has 21 heavy (non-hydrogen) atoms. The van der Waals surface area contributed by atoms with Crippen LogP contribution in [-0.2, 0) is 11.3 Å². The van der Waals surface area contributed by atoms with E-state index >= 15 is 0 Å². The summed E-state index contributed by atoms with van der Waals surface area (Å²) in [5.74, 6) is -1.78. The Labute approximate surface area is 129 Å². The number of nitrogens with one attached hydrogen (secondary N) is 1. The molecule has 110 valence electrons. The summed E-state index contributed by atoms with van der Waals surface area (Å²) >= 11 is 3.18. The highest BCUT2D eigenvalue weighted by Gasteiger charge is 2.12. The number of carbonyl (C=O) groups is 1. The summed E-state index contributed by atoms with van der Waals surface area (Å²) in [6, 6.07) is 8.69. The Balaban J connectivity index is 2.15. The number of halogens is 3. The van der Waals surface area contributed by atoms with E-state index in [1.807, 2.05) is 0 Å². The highest BCUT2D eigenvalue weighted by atomic mass is 79.9. The summed E-state index contributed by atoms with van der Waals surface area (Å²) in [5.41, 5.74) is 0.792. The quantitative estimate of drug-likeness (QED) is 0.838. The topological polar surface area (TPSA) is 38.3 Å². The Bertz CT molecular complexity index is 677. The molecule has 2 aromatic rings. The molecule has 0 radical (unpaired) electrons. The van der Waals surface area contributed by atoms with Gasteiger partial charge in [0, 0.05) is 22.3 Å². The molecule has 0 heterocycles. The van der Waals surface area contributed by atoms with E-state index in [0.29, 0.717) is 15.7 Å². The zero-order valence-corrected chi connectivity index (χ0v) is 12.7. The number of esters is 1. The number of carbonyl (C=O) groups excluding carboxylic acids is 1. The second kappa shape index (κ2) is 6.67. The Kier molecular flexibility index (Phi) is 4.90. The molecule has 6 heteroatoms. The zero-order valence-electron chi connectivity index (χ0n) is 11.1. The molecule has 2 rings (SSSR count). The maximum Gasteiger partial charge on any atom is 0.340 e. The predicted octanol–water partition coefficient (Wildman–Crippen LogP) is 4.13. The molecule has 2 aromatic carbocycles. The van der Waals surface area contributed by atoms with Crippen LogP contribution < -0.4 is 5.32 Å². The van der Waals surface area contributed by atoms with E-state index in [2.05, 4.69) is 26.0 Å². The first kappa shape index (κ1) is 15.4. The molecule has 0 fully saturated rings. The summed E-state index contributed by atoms with van der Waals surface area (Å²) < 4.78 is 32.3. The lowest BCUT2D eigenvalue weighted by molar-refractivity contribution is 0.0595. The second-order valence-electron chi connectivity index (χ2n) is 4.28. The van der Waals surface area contributed by atoms with Gasteiger partial charge >= 0.3 is 5.97 Å². The van der Waals surface area contributed by atoms with Crippen molar-refractivity contribution in [3.05, 3.63) is 63.6 Å². The summed E-state index contributed by atoms with van der Waals surface area (Å²) in [6.07, 6.45) is 0. The maximum atomic E-state index is 13.7. The van der Waals surface area contributed by atoms with Crippen LogP contribution in [0.25, 0.3) is 0 Å². The van der Waals surface area contributed by atoms with Crippen LogP contribution in [0.2, 0.25) is 0 Å². The van der Waals surface area contributed by atoms with Crippen molar-refractivity contribution < 1.29 is 18.3 Å². The first-order chi connectivity index (χ1) is 10.0. The summed E-state index contributed by atoms with van der Waals surface area (Å²) in [6.45, 7) is 0.214. The molecule has 0 saturated carbocycles. The Morgan fingerprint density at radius 2 is 1.95 bits per heavy atom. The summed E-state index contributed by atoms with van der Waals surface area (Å²) in [7, 11) is 1.18. The molecular formula is C15H12BrF2NO2. The van der Waals surface area contributed by atoms with Crippen molar-refractivity contribution in [2.45, 2.75) is 6.54 Å². The molecule has 0 aliphatic carbocycles. The Morgan fingerprint density at radius 1 is 1.19 bits per heavy atom. The molecule has 0 bridgehead atoms. The van der Waals surface area contributed by atoms with Crippen LogP contribution >= 0.6 is 15.9 Å². The molecule has 0 atom stereocenters. The van der Waals surface area contributed by atoms with Gasteiger partial charge in [0.1, 0.15) is 11.6 Å². The van der Waals surface area contributed by atoms with E-state index in [0.717, 1.165) is 6.07 Å². The third-order valence-electron chi connectivity index (χ3n) is 2.87. The van der Waals surface area contributed by atoms with E-state index < -0.39 is 11.8 Å². The van der Waals surface area contributed by atoms with Gasteiger partial charge in [0.15, 0.2) is 0 Å². The normalized spacial score (nSPS) is 10.3. The molecule has 1 N–H and O–H groups in total. The van der Waals surface area contributed by atoms with Crippen molar-refractivity contribution in [3.63, 3.8) is 0 Å². The predicted molar refractivity (Wildman–Crippen MR) is 79.2 cm³/mol. The van der Waals surface area contributed by atoms with Gasteiger partial charge in [0.25, 0.3) is 0 Å². The lowest BCUT2D eigenvalue weighted by Crippen LogP contribution is -2.07. The second-order valence-corrected chi connectivity index (χ2v) is 5.19. The van der Waals surface area contributed by atoms with E-state index in [9.17, 15) is 13.6 Å². The minimum Gasteiger partial charge on any atom is -0.465 e. The van der Waals surface area contributed by atoms with E-state index in [4.69, 9.17) is 0 Å². The van der Waals surface area contributed by atoms with Crippen molar-refractivity contribution in [2.75, 3.05) is 12.4 Å². The molecule has 3 nitrogen and oxygen atoms in total. The average Bonchev–Trinajstić information content (AvgIpc) is 2.47. The van der Waals surface area contributed by atoms with Gasteiger partial charge in [-0.15, -0.1) is 0 Å². The number of anilines is 1. The molecule has 0 aromatic heterocycles. The van der Waals surface area contributed by atoms with Gasteiger partial charge < -0.3 is 10.1 Å². The van der Waals surface area contributed by atoms with E-state index in [1.54, 1.807) is 12.1 Å². The number of hydrogen-bond acceptors (Lipinski definition) is 3. The third kappa shape index (κ3) is 3.78. The van der Waals surface area contributed by atoms with Crippen molar-refractivity contribution in [3.8, 4) is 0 Å². The van der Waals surface area contributed by atoms with Gasteiger partial charge in [-0.2, -0.15) is 0 Å². The largest absolute Gasteiger partial charge is 0.465 e. The van der Waals surface area contributed by atoms with Crippen LogP contribution in [0.1, 0.15) is 15.9 Å². The van der Waals surface area contributed by atoms with Crippen LogP contribution in [0.15, 0.2) is 40.9 Å². The molecule has 0 aliphatic heterocycles. The molecule has 0 amide bonds.